The number of carbonyl (C=O) groups excluding carboxylic acids is 2. The van der Waals surface area contributed by atoms with Crippen LogP contribution in [0.15, 0.2) is 24.3 Å². The van der Waals surface area contributed by atoms with Gasteiger partial charge >= 0.3 is 5.97 Å². The van der Waals surface area contributed by atoms with E-state index in [1.54, 1.807) is 24.1 Å². The number of carbonyl (C=O) groups is 2. The lowest BCUT2D eigenvalue weighted by Crippen LogP contribution is -2.40. The smallest absolute Gasteiger partial charge is 0.338 e. The monoisotopic (exact) mass is 401 g/mol. The highest BCUT2D eigenvalue weighted by Gasteiger charge is 2.22. The fourth-order valence-corrected chi connectivity index (χ4v) is 2.93. The molecule has 4 nitrogen and oxygen atoms in total. The first-order valence-corrected chi connectivity index (χ1v) is 8.34. The molecular weight excluding hydrogens is 381 g/mol. The van der Waals surface area contributed by atoms with E-state index in [0.717, 1.165) is 16.4 Å². The first kappa shape index (κ1) is 16.3. The number of amides is 1. The Balaban J connectivity index is 1.82. The average molecular weight is 401 g/mol. The maximum absolute atomic E-state index is 12.1. The van der Waals surface area contributed by atoms with E-state index in [9.17, 15) is 9.59 Å². The number of halogens is 1. The fourth-order valence-electron chi connectivity index (χ4n) is 2.57. The molecule has 114 valence electrons. The predicted molar refractivity (Wildman–Crippen MR) is 89.1 cm³/mol. The van der Waals surface area contributed by atoms with Crippen LogP contribution in [-0.4, -0.2) is 36.5 Å². The second-order valence-electron chi connectivity index (χ2n) is 5.38. The Morgan fingerprint density at radius 2 is 1.81 bits per heavy atom. The lowest BCUT2D eigenvalue weighted by molar-refractivity contribution is -0.135. The average Bonchev–Trinajstić information content (AvgIpc) is 2.53. The van der Waals surface area contributed by atoms with Crippen molar-refractivity contribution in [3.63, 3.8) is 0 Å². The van der Waals surface area contributed by atoms with Crippen molar-refractivity contribution in [2.75, 3.05) is 13.7 Å². The minimum Gasteiger partial charge on any atom is -0.452 e. The number of hydrogen-bond acceptors (Lipinski definition) is 3. The number of nitrogens with zero attached hydrogens (tertiary/aromatic N) is 1. The van der Waals surface area contributed by atoms with Gasteiger partial charge in [-0.25, -0.2) is 4.79 Å². The summed E-state index contributed by atoms with van der Waals surface area (Å²) < 4.78 is 6.16. The minimum absolute atomic E-state index is 0.124. The first-order valence-electron chi connectivity index (χ1n) is 7.26. The number of hydrogen-bond donors (Lipinski definition) is 0. The molecule has 2 rings (SSSR count). The topological polar surface area (TPSA) is 46.6 Å². The van der Waals surface area contributed by atoms with E-state index in [2.05, 4.69) is 22.6 Å². The molecule has 21 heavy (non-hydrogen) atoms. The van der Waals surface area contributed by atoms with Gasteiger partial charge in [0.05, 0.1) is 5.56 Å². The van der Waals surface area contributed by atoms with Gasteiger partial charge in [-0.05, 0) is 59.7 Å². The number of benzene rings is 1. The van der Waals surface area contributed by atoms with Crippen molar-refractivity contribution in [1.82, 2.24) is 4.90 Å². The molecule has 1 fully saturated rings. The molecule has 1 saturated carbocycles. The van der Waals surface area contributed by atoms with Crippen LogP contribution in [0, 0.1) is 3.57 Å². The minimum atomic E-state index is -0.447. The maximum Gasteiger partial charge on any atom is 0.338 e. The van der Waals surface area contributed by atoms with Gasteiger partial charge in [-0.1, -0.05) is 19.3 Å². The van der Waals surface area contributed by atoms with Crippen molar-refractivity contribution in [2.45, 2.75) is 38.1 Å². The molecule has 0 N–H and O–H groups in total. The lowest BCUT2D eigenvalue weighted by atomic mass is 9.94. The summed E-state index contributed by atoms with van der Waals surface area (Å²) in [6, 6.07) is 7.39. The van der Waals surface area contributed by atoms with E-state index in [0.29, 0.717) is 11.6 Å². The Hall–Kier alpha value is -1.11. The fraction of sp³-hybridized carbons (Fsp3) is 0.500. The van der Waals surface area contributed by atoms with E-state index in [4.69, 9.17) is 4.74 Å². The third kappa shape index (κ3) is 4.69. The molecule has 1 aromatic rings. The predicted octanol–water partition coefficient (Wildman–Crippen LogP) is 3.24. The van der Waals surface area contributed by atoms with Gasteiger partial charge in [-0.15, -0.1) is 0 Å². The van der Waals surface area contributed by atoms with Gasteiger partial charge in [0.25, 0.3) is 5.91 Å². The van der Waals surface area contributed by atoms with Gasteiger partial charge in [0.1, 0.15) is 0 Å². The molecule has 0 radical (unpaired) electrons. The van der Waals surface area contributed by atoms with Crippen LogP contribution in [-0.2, 0) is 9.53 Å². The Kier molecular flexibility index (Phi) is 6.02. The quantitative estimate of drug-likeness (QED) is 0.575. The standard InChI is InChI=1S/C16H20INO3/c1-18(14-5-3-2-4-6-14)15(19)11-21-16(20)12-7-9-13(17)10-8-12/h7-10,14H,2-6,11H2,1H3. The molecule has 0 aliphatic heterocycles. The van der Waals surface area contributed by atoms with Gasteiger partial charge < -0.3 is 9.64 Å². The molecule has 1 aliphatic carbocycles. The van der Waals surface area contributed by atoms with E-state index in [1.165, 1.54) is 19.3 Å². The van der Waals surface area contributed by atoms with Crippen LogP contribution >= 0.6 is 22.6 Å². The highest BCUT2D eigenvalue weighted by atomic mass is 127. The van der Waals surface area contributed by atoms with Gasteiger partial charge in [-0.3, -0.25) is 4.79 Å². The molecule has 0 atom stereocenters. The summed E-state index contributed by atoms with van der Waals surface area (Å²) in [7, 11) is 1.80. The molecule has 5 heteroatoms. The van der Waals surface area contributed by atoms with Crippen molar-refractivity contribution >= 4 is 34.5 Å². The lowest BCUT2D eigenvalue weighted by Gasteiger charge is -2.31. The Morgan fingerprint density at radius 1 is 1.19 bits per heavy atom. The highest BCUT2D eigenvalue weighted by molar-refractivity contribution is 14.1. The molecule has 1 aromatic carbocycles. The summed E-state index contributed by atoms with van der Waals surface area (Å²) in [5, 5.41) is 0. The second kappa shape index (κ2) is 7.77. The van der Waals surface area contributed by atoms with Crippen molar-refractivity contribution < 1.29 is 14.3 Å². The Bertz CT molecular complexity index is 495. The number of esters is 1. The zero-order chi connectivity index (χ0) is 15.2. The molecule has 0 bridgehead atoms. The van der Waals surface area contributed by atoms with E-state index in [1.807, 2.05) is 12.1 Å². The van der Waals surface area contributed by atoms with Crippen LogP contribution in [0.4, 0.5) is 0 Å². The zero-order valence-electron chi connectivity index (χ0n) is 12.2. The highest BCUT2D eigenvalue weighted by Crippen LogP contribution is 2.21. The molecule has 1 amide bonds. The molecule has 0 heterocycles. The molecule has 0 saturated heterocycles. The van der Waals surface area contributed by atoms with Crippen LogP contribution in [0.2, 0.25) is 0 Å². The van der Waals surface area contributed by atoms with Crippen molar-refractivity contribution in [3.05, 3.63) is 33.4 Å². The number of rotatable bonds is 4. The number of ether oxygens (including phenoxy) is 1. The molecule has 0 unspecified atom stereocenters. The third-order valence-corrected chi connectivity index (χ3v) is 4.64. The van der Waals surface area contributed by atoms with E-state index in [-0.39, 0.29) is 12.5 Å². The summed E-state index contributed by atoms with van der Waals surface area (Å²) in [5.74, 6) is -0.572. The summed E-state index contributed by atoms with van der Waals surface area (Å²) in [6.45, 7) is -0.183. The van der Waals surface area contributed by atoms with Gasteiger partial charge in [0, 0.05) is 16.7 Å². The van der Waals surface area contributed by atoms with Crippen LogP contribution in [0.5, 0.6) is 0 Å². The van der Waals surface area contributed by atoms with Crippen molar-refractivity contribution in [1.29, 1.82) is 0 Å². The first-order chi connectivity index (χ1) is 10.1. The normalized spacial score (nSPS) is 15.5. The molecule has 0 spiro atoms. The van der Waals surface area contributed by atoms with Crippen molar-refractivity contribution in [3.8, 4) is 0 Å². The van der Waals surface area contributed by atoms with Crippen LogP contribution < -0.4 is 0 Å². The summed E-state index contributed by atoms with van der Waals surface area (Å²) >= 11 is 2.17. The molecular formula is C16H20INO3. The van der Waals surface area contributed by atoms with Gasteiger partial charge in [0.15, 0.2) is 6.61 Å². The number of likely N-dealkylation sites (N-methyl/N-ethyl adjacent to an activating group) is 1. The van der Waals surface area contributed by atoms with E-state index >= 15 is 0 Å². The summed E-state index contributed by atoms with van der Waals surface area (Å²) in [4.78, 5) is 25.7. The Morgan fingerprint density at radius 3 is 2.43 bits per heavy atom. The molecule has 0 aromatic heterocycles. The maximum atomic E-state index is 12.1. The van der Waals surface area contributed by atoms with Crippen molar-refractivity contribution in [2.24, 2.45) is 0 Å². The van der Waals surface area contributed by atoms with Crippen LogP contribution in [0.3, 0.4) is 0 Å². The van der Waals surface area contributed by atoms with Gasteiger partial charge in [0.2, 0.25) is 0 Å². The second-order valence-corrected chi connectivity index (χ2v) is 6.63. The Labute approximate surface area is 139 Å². The van der Waals surface area contributed by atoms with E-state index < -0.39 is 5.97 Å². The molecule has 1 aliphatic rings. The summed E-state index contributed by atoms with van der Waals surface area (Å²) in [5.41, 5.74) is 0.475. The van der Waals surface area contributed by atoms with Gasteiger partial charge in [-0.2, -0.15) is 0 Å². The summed E-state index contributed by atoms with van der Waals surface area (Å²) in [6.07, 6.45) is 5.69. The SMILES string of the molecule is CN(C(=O)COC(=O)c1ccc(I)cc1)C1CCCCC1. The third-order valence-electron chi connectivity index (χ3n) is 3.92. The zero-order valence-corrected chi connectivity index (χ0v) is 14.3. The largest absolute Gasteiger partial charge is 0.452 e. The van der Waals surface area contributed by atoms with Crippen LogP contribution in [0.25, 0.3) is 0 Å². The van der Waals surface area contributed by atoms with Crippen LogP contribution in [0.1, 0.15) is 42.5 Å².